The number of fused-ring (bicyclic) bond motifs is 2. The second-order valence-electron chi connectivity index (χ2n) is 5.81. The maximum absolute atomic E-state index is 12.6. The number of nitrogens with one attached hydrogen (secondary N) is 1. The molecule has 3 N–H and O–H groups in total. The van der Waals surface area contributed by atoms with Gasteiger partial charge in [-0.25, -0.2) is 0 Å². The lowest BCUT2D eigenvalue weighted by atomic mass is 9.84. The van der Waals surface area contributed by atoms with Gasteiger partial charge in [-0.3, -0.25) is 9.59 Å². The van der Waals surface area contributed by atoms with E-state index in [1.165, 1.54) is 0 Å². The molecule has 0 heterocycles. The highest BCUT2D eigenvalue weighted by Crippen LogP contribution is 2.29. The highest BCUT2D eigenvalue weighted by Gasteiger charge is 2.29. The number of hydrogen-bond donors (Lipinski definition) is 2. The largest absolute Gasteiger partial charge is 0.368 e. The van der Waals surface area contributed by atoms with E-state index in [2.05, 4.69) is 5.32 Å². The van der Waals surface area contributed by atoms with E-state index in [0.29, 0.717) is 22.3 Å². The maximum atomic E-state index is 12.6. The quantitative estimate of drug-likeness (QED) is 0.708. The molecule has 0 bridgehead atoms. The second-order valence-corrected chi connectivity index (χ2v) is 5.81. The zero-order valence-corrected chi connectivity index (χ0v) is 11.9. The third kappa shape index (κ3) is 2.34. The van der Waals surface area contributed by atoms with Crippen molar-refractivity contribution >= 4 is 17.3 Å². The molecular weight excluding hydrogens is 264 g/mol. The van der Waals surface area contributed by atoms with Crippen molar-refractivity contribution in [2.75, 3.05) is 5.32 Å². The van der Waals surface area contributed by atoms with Gasteiger partial charge < -0.3 is 11.1 Å². The molecule has 0 unspecified atom stereocenters. The monoisotopic (exact) mass is 280 g/mol. The lowest BCUT2D eigenvalue weighted by Gasteiger charge is -2.24. The fraction of sp³-hybridized carbons (Fsp3) is 0.176. The molecule has 0 atom stereocenters. The topological polar surface area (TPSA) is 72.2 Å². The van der Waals surface area contributed by atoms with E-state index >= 15 is 0 Å². The average Bonchev–Trinajstić information content (AvgIpc) is 2.43. The summed E-state index contributed by atoms with van der Waals surface area (Å²) in [6.07, 6.45) is 0. The Labute approximate surface area is 123 Å². The van der Waals surface area contributed by atoms with Crippen molar-refractivity contribution in [2.45, 2.75) is 19.5 Å². The fourth-order valence-corrected chi connectivity index (χ4v) is 2.55. The molecule has 4 nitrogen and oxygen atoms in total. The predicted molar refractivity (Wildman–Crippen MR) is 81.6 cm³/mol. The number of ketones is 2. The second kappa shape index (κ2) is 4.53. The minimum atomic E-state index is -0.603. The minimum Gasteiger partial charge on any atom is -0.368 e. The van der Waals surface area contributed by atoms with Crippen LogP contribution in [0.3, 0.4) is 0 Å². The van der Waals surface area contributed by atoms with E-state index < -0.39 is 5.66 Å². The lowest BCUT2D eigenvalue weighted by Crippen LogP contribution is -2.40. The summed E-state index contributed by atoms with van der Waals surface area (Å²) in [6, 6.07) is 12.0. The molecule has 2 aromatic carbocycles. The summed E-state index contributed by atoms with van der Waals surface area (Å²) in [7, 11) is 0. The van der Waals surface area contributed by atoms with Crippen molar-refractivity contribution in [3.63, 3.8) is 0 Å². The number of hydrogen-bond acceptors (Lipinski definition) is 4. The van der Waals surface area contributed by atoms with E-state index in [-0.39, 0.29) is 11.6 Å². The van der Waals surface area contributed by atoms with Gasteiger partial charge in [-0.05, 0) is 32.0 Å². The zero-order chi connectivity index (χ0) is 15.2. The van der Waals surface area contributed by atoms with Crippen LogP contribution in [0.15, 0.2) is 42.5 Å². The van der Waals surface area contributed by atoms with Gasteiger partial charge in [-0.1, -0.05) is 24.3 Å². The van der Waals surface area contributed by atoms with Crippen LogP contribution >= 0.6 is 0 Å². The molecule has 4 heteroatoms. The SMILES string of the molecule is CC(C)(N)Nc1ccc2c(c1)C(=O)c1ccccc1C2=O. The summed E-state index contributed by atoms with van der Waals surface area (Å²) < 4.78 is 0. The van der Waals surface area contributed by atoms with Crippen LogP contribution in [0.2, 0.25) is 0 Å². The third-order valence-corrected chi connectivity index (χ3v) is 3.39. The smallest absolute Gasteiger partial charge is 0.194 e. The molecule has 1 aliphatic rings. The molecule has 0 aliphatic heterocycles. The molecule has 0 amide bonds. The lowest BCUT2D eigenvalue weighted by molar-refractivity contribution is 0.0979. The Hall–Kier alpha value is -2.46. The van der Waals surface area contributed by atoms with Crippen LogP contribution < -0.4 is 11.1 Å². The van der Waals surface area contributed by atoms with Crippen LogP contribution in [0.4, 0.5) is 5.69 Å². The van der Waals surface area contributed by atoms with Gasteiger partial charge in [0, 0.05) is 27.9 Å². The molecule has 106 valence electrons. The van der Waals surface area contributed by atoms with Gasteiger partial charge in [0.15, 0.2) is 11.6 Å². The molecule has 3 rings (SSSR count). The third-order valence-electron chi connectivity index (χ3n) is 3.39. The minimum absolute atomic E-state index is 0.112. The number of anilines is 1. The number of rotatable bonds is 2. The number of nitrogens with two attached hydrogens (primary N) is 1. The van der Waals surface area contributed by atoms with Gasteiger partial charge in [0.1, 0.15) is 0 Å². The summed E-state index contributed by atoms with van der Waals surface area (Å²) in [4.78, 5) is 25.0. The Morgan fingerprint density at radius 3 is 1.95 bits per heavy atom. The van der Waals surface area contributed by atoms with Crippen molar-refractivity contribution in [3.05, 3.63) is 64.7 Å². The fourth-order valence-electron chi connectivity index (χ4n) is 2.55. The van der Waals surface area contributed by atoms with Gasteiger partial charge in [0.05, 0.1) is 5.66 Å². The van der Waals surface area contributed by atoms with Gasteiger partial charge in [-0.15, -0.1) is 0 Å². The molecule has 0 saturated heterocycles. The number of carbonyl (C=O) groups excluding carboxylic acids is 2. The highest BCUT2D eigenvalue weighted by atomic mass is 16.1. The van der Waals surface area contributed by atoms with Crippen LogP contribution in [-0.4, -0.2) is 17.2 Å². The molecule has 1 aliphatic carbocycles. The first-order valence-electron chi connectivity index (χ1n) is 6.76. The van der Waals surface area contributed by atoms with Crippen LogP contribution in [0.5, 0.6) is 0 Å². The first-order chi connectivity index (χ1) is 9.87. The van der Waals surface area contributed by atoms with Crippen LogP contribution in [-0.2, 0) is 0 Å². The summed E-state index contributed by atoms with van der Waals surface area (Å²) in [5.41, 5.74) is 7.83. The standard InChI is InChI=1S/C17H16N2O2/c1-17(2,18)19-10-7-8-13-14(9-10)16(21)12-6-4-3-5-11(12)15(13)20/h3-9,19H,18H2,1-2H3. The van der Waals surface area contributed by atoms with Crippen molar-refractivity contribution in [1.29, 1.82) is 0 Å². The Morgan fingerprint density at radius 1 is 0.857 bits per heavy atom. The van der Waals surface area contributed by atoms with Crippen LogP contribution in [0, 0.1) is 0 Å². The average molecular weight is 280 g/mol. The first kappa shape index (κ1) is 13.5. The summed E-state index contributed by atoms with van der Waals surface area (Å²) >= 11 is 0. The Kier molecular flexibility index (Phi) is 2.92. The van der Waals surface area contributed by atoms with E-state index in [1.54, 1.807) is 42.5 Å². The Morgan fingerprint density at radius 2 is 1.38 bits per heavy atom. The van der Waals surface area contributed by atoms with E-state index in [4.69, 9.17) is 5.73 Å². The normalized spacial score (nSPS) is 13.7. The number of benzene rings is 2. The number of carbonyl (C=O) groups is 2. The van der Waals surface area contributed by atoms with Crippen molar-refractivity contribution in [1.82, 2.24) is 0 Å². The molecule has 21 heavy (non-hydrogen) atoms. The van der Waals surface area contributed by atoms with Crippen molar-refractivity contribution < 1.29 is 9.59 Å². The molecule has 0 spiro atoms. The van der Waals surface area contributed by atoms with Crippen LogP contribution in [0.1, 0.15) is 45.7 Å². The van der Waals surface area contributed by atoms with Crippen molar-refractivity contribution in [2.24, 2.45) is 5.73 Å². The Bertz CT molecular complexity index is 758. The van der Waals surface area contributed by atoms with Crippen molar-refractivity contribution in [3.8, 4) is 0 Å². The highest BCUT2D eigenvalue weighted by molar-refractivity contribution is 6.28. The summed E-state index contributed by atoms with van der Waals surface area (Å²) in [5.74, 6) is -0.238. The molecule has 0 aromatic heterocycles. The van der Waals surface area contributed by atoms with Crippen LogP contribution in [0.25, 0.3) is 0 Å². The zero-order valence-electron chi connectivity index (χ0n) is 11.9. The summed E-state index contributed by atoms with van der Waals surface area (Å²) in [5, 5.41) is 3.10. The van der Waals surface area contributed by atoms with E-state index in [9.17, 15) is 9.59 Å². The maximum Gasteiger partial charge on any atom is 0.194 e. The molecular formula is C17H16N2O2. The molecule has 0 radical (unpaired) electrons. The Balaban J connectivity index is 2.11. The first-order valence-corrected chi connectivity index (χ1v) is 6.76. The van der Waals surface area contributed by atoms with Gasteiger partial charge in [-0.2, -0.15) is 0 Å². The van der Waals surface area contributed by atoms with E-state index in [0.717, 1.165) is 5.69 Å². The van der Waals surface area contributed by atoms with E-state index in [1.807, 2.05) is 13.8 Å². The van der Waals surface area contributed by atoms with Gasteiger partial charge in [0.25, 0.3) is 0 Å². The molecule has 2 aromatic rings. The van der Waals surface area contributed by atoms with Gasteiger partial charge in [0.2, 0.25) is 0 Å². The summed E-state index contributed by atoms with van der Waals surface area (Å²) in [6.45, 7) is 3.66. The predicted octanol–water partition coefficient (Wildman–Crippen LogP) is 2.57. The molecule has 0 saturated carbocycles. The van der Waals surface area contributed by atoms with Gasteiger partial charge >= 0.3 is 0 Å². The molecule has 0 fully saturated rings.